The summed E-state index contributed by atoms with van der Waals surface area (Å²) in [6.45, 7) is 0. The number of hydrogen-bond acceptors (Lipinski definition) is 1. The van der Waals surface area contributed by atoms with Gasteiger partial charge in [-0.05, 0) is 59.7 Å². The minimum absolute atomic E-state index is 0.964. The van der Waals surface area contributed by atoms with Crippen LogP contribution in [0.4, 0.5) is 0 Å². The first kappa shape index (κ1) is 24.6. The summed E-state index contributed by atoms with van der Waals surface area (Å²) in [4.78, 5) is 5.04. The number of nitrogens with zero attached hydrogens (tertiary/aromatic N) is 3. The Morgan fingerprint density at radius 1 is 0.341 bits per heavy atom. The number of pyridine rings is 1. The first-order valence-corrected chi connectivity index (χ1v) is 15.0. The topological polar surface area (TPSA) is 22.8 Å². The van der Waals surface area contributed by atoms with E-state index in [1.807, 2.05) is 6.20 Å². The van der Waals surface area contributed by atoms with Crippen LogP contribution in [0.1, 0.15) is 0 Å². The molecular weight excluding hydrogens is 534 g/mol. The summed E-state index contributed by atoms with van der Waals surface area (Å²) < 4.78 is 4.68. The molecule has 44 heavy (non-hydrogen) atoms. The fourth-order valence-electron chi connectivity index (χ4n) is 6.72. The van der Waals surface area contributed by atoms with Crippen molar-refractivity contribution in [2.75, 3.05) is 0 Å². The van der Waals surface area contributed by atoms with E-state index in [1.165, 1.54) is 49.2 Å². The van der Waals surface area contributed by atoms with Gasteiger partial charge in [-0.2, -0.15) is 0 Å². The molecule has 9 rings (SSSR count). The van der Waals surface area contributed by atoms with Crippen LogP contribution < -0.4 is 0 Å². The molecule has 206 valence electrons. The van der Waals surface area contributed by atoms with Gasteiger partial charge in [0.25, 0.3) is 0 Å². The van der Waals surface area contributed by atoms with Crippen molar-refractivity contribution in [3.63, 3.8) is 0 Å². The first-order chi connectivity index (χ1) is 21.8. The third kappa shape index (κ3) is 3.80. The normalized spacial score (nSPS) is 11.6. The second kappa shape index (κ2) is 9.82. The van der Waals surface area contributed by atoms with Crippen molar-refractivity contribution in [1.29, 1.82) is 0 Å². The van der Waals surface area contributed by atoms with Crippen LogP contribution in [0, 0.1) is 0 Å². The molecule has 3 aromatic heterocycles. The number of rotatable bonds is 4. The maximum atomic E-state index is 5.04. The van der Waals surface area contributed by atoms with Crippen LogP contribution in [-0.2, 0) is 0 Å². The SMILES string of the molecule is c1ccc(-c2ccc(-n3c4ccccc4c4ccc(-c5cc6c7ccccc7n(-c7ccccc7)c6cn5)cc43)cc2)cc1. The number of para-hydroxylation sites is 3. The second-order valence-corrected chi connectivity index (χ2v) is 11.3. The van der Waals surface area contributed by atoms with E-state index >= 15 is 0 Å². The van der Waals surface area contributed by atoms with Gasteiger partial charge in [0.15, 0.2) is 0 Å². The summed E-state index contributed by atoms with van der Waals surface area (Å²) in [6, 6.07) is 56.2. The van der Waals surface area contributed by atoms with Crippen LogP contribution in [0.25, 0.3) is 77.4 Å². The highest BCUT2D eigenvalue weighted by Gasteiger charge is 2.16. The van der Waals surface area contributed by atoms with Crippen LogP contribution in [0.3, 0.4) is 0 Å². The second-order valence-electron chi connectivity index (χ2n) is 11.3. The van der Waals surface area contributed by atoms with Gasteiger partial charge >= 0.3 is 0 Å². The van der Waals surface area contributed by atoms with E-state index < -0.39 is 0 Å². The van der Waals surface area contributed by atoms with Crippen molar-refractivity contribution < 1.29 is 0 Å². The van der Waals surface area contributed by atoms with Crippen LogP contribution >= 0.6 is 0 Å². The molecule has 3 heterocycles. The maximum Gasteiger partial charge on any atom is 0.0724 e. The van der Waals surface area contributed by atoms with E-state index in [2.05, 4.69) is 167 Å². The Balaban J connectivity index is 1.23. The summed E-state index contributed by atoms with van der Waals surface area (Å²) in [5.74, 6) is 0. The van der Waals surface area contributed by atoms with Gasteiger partial charge in [0.05, 0.1) is 34.0 Å². The quantitative estimate of drug-likeness (QED) is 0.210. The molecule has 3 heteroatoms. The van der Waals surface area contributed by atoms with Crippen LogP contribution in [0.2, 0.25) is 0 Å². The minimum atomic E-state index is 0.964. The number of fused-ring (bicyclic) bond motifs is 6. The molecule has 0 aliphatic heterocycles. The van der Waals surface area contributed by atoms with Crippen LogP contribution in [-0.4, -0.2) is 14.1 Å². The Morgan fingerprint density at radius 2 is 0.864 bits per heavy atom. The molecule has 6 aromatic carbocycles. The first-order valence-electron chi connectivity index (χ1n) is 15.0. The lowest BCUT2D eigenvalue weighted by atomic mass is 10.1. The lowest BCUT2D eigenvalue weighted by Gasteiger charge is -2.10. The molecule has 0 spiro atoms. The van der Waals surface area contributed by atoms with Gasteiger partial charge in [0.2, 0.25) is 0 Å². The lowest BCUT2D eigenvalue weighted by Crippen LogP contribution is -1.95. The Morgan fingerprint density at radius 3 is 1.59 bits per heavy atom. The summed E-state index contributed by atoms with van der Waals surface area (Å²) in [5, 5.41) is 4.91. The maximum absolute atomic E-state index is 5.04. The fourth-order valence-corrected chi connectivity index (χ4v) is 6.72. The van der Waals surface area contributed by atoms with E-state index in [9.17, 15) is 0 Å². The standard InChI is InChI=1S/C41H27N3/c1-3-11-28(12-4-1)29-19-22-32(23-20-29)43-38-17-9-7-15-33(38)35-24-21-30(25-40(35)43)37-26-36-34-16-8-10-18-39(34)44(41(36)27-42-37)31-13-5-2-6-14-31/h1-27H. The van der Waals surface area contributed by atoms with E-state index in [1.54, 1.807) is 0 Å². The van der Waals surface area contributed by atoms with Crippen molar-refractivity contribution in [1.82, 2.24) is 14.1 Å². The molecule has 9 aromatic rings. The average molecular weight is 562 g/mol. The van der Waals surface area contributed by atoms with Gasteiger partial charge in [-0.25, -0.2) is 0 Å². The van der Waals surface area contributed by atoms with Crippen LogP contribution in [0.15, 0.2) is 164 Å². The molecular formula is C41H27N3. The molecule has 3 nitrogen and oxygen atoms in total. The zero-order valence-corrected chi connectivity index (χ0v) is 23.9. The molecule has 0 aliphatic carbocycles. The Labute approximate surface area is 254 Å². The molecule has 0 N–H and O–H groups in total. The predicted molar refractivity (Wildman–Crippen MR) is 184 cm³/mol. The third-order valence-corrected chi connectivity index (χ3v) is 8.78. The molecule has 0 aliphatic rings. The monoisotopic (exact) mass is 561 g/mol. The molecule has 0 saturated carbocycles. The Hall–Kier alpha value is -5.93. The highest BCUT2D eigenvalue weighted by atomic mass is 15.0. The van der Waals surface area contributed by atoms with Crippen molar-refractivity contribution in [3.8, 4) is 33.8 Å². The minimum Gasteiger partial charge on any atom is -0.309 e. The predicted octanol–water partition coefficient (Wildman–Crippen LogP) is 10.6. The molecule has 0 fully saturated rings. The van der Waals surface area contributed by atoms with E-state index in [4.69, 9.17) is 4.98 Å². The van der Waals surface area contributed by atoms with Crippen molar-refractivity contribution in [3.05, 3.63) is 164 Å². The summed E-state index contributed by atoms with van der Waals surface area (Å²) in [7, 11) is 0. The largest absolute Gasteiger partial charge is 0.309 e. The molecule has 0 unspecified atom stereocenters. The average Bonchev–Trinajstić information content (AvgIpc) is 3.61. The Bertz CT molecular complexity index is 2470. The smallest absolute Gasteiger partial charge is 0.0724 e. The number of aromatic nitrogens is 3. The molecule has 0 saturated heterocycles. The van der Waals surface area contributed by atoms with E-state index in [0.717, 1.165) is 28.1 Å². The third-order valence-electron chi connectivity index (χ3n) is 8.78. The molecule has 0 atom stereocenters. The van der Waals surface area contributed by atoms with Gasteiger partial charge in [-0.15, -0.1) is 0 Å². The zero-order chi connectivity index (χ0) is 29.0. The van der Waals surface area contributed by atoms with Gasteiger partial charge in [0.1, 0.15) is 0 Å². The number of hydrogen-bond donors (Lipinski definition) is 0. The highest BCUT2D eigenvalue weighted by molar-refractivity contribution is 6.12. The van der Waals surface area contributed by atoms with E-state index in [-0.39, 0.29) is 0 Å². The summed E-state index contributed by atoms with van der Waals surface area (Å²) >= 11 is 0. The van der Waals surface area contributed by atoms with Crippen molar-refractivity contribution in [2.45, 2.75) is 0 Å². The fraction of sp³-hybridized carbons (Fsp3) is 0. The van der Waals surface area contributed by atoms with Gasteiger partial charge in [0, 0.05) is 38.5 Å². The molecule has 0 bridgehead atoms. The zero-order valence-electron chi connectivity index (χ0n) is 23.9. The lowest BCUT2D eigenvalue weighted by molar-refractivity contribution is 1.17. The summed E-state index contributed by atoms with van der Waals surface area (Å²) in [6.07, 6.45) is 2.03. The summed E-state index contributed by atoms with van der Waals surface area (Å²) in [5.41, 5.74) is 11.4. The van der Waals surface area contributed by atoms with E-state index in [0.29, 0.717) is 0 Å². The van der Waals surface area contributed by atoms with Gasteiger partial charge in [-0.3, -0.25) is 4.98 Å². The Kier molecular flexibility index (Phi) is 5.50. The van der Waals surface area contributed by atoms with Crippen molar-refractivity contribution in [2.24, 2.45) is 0 Å². The highest BCUT2D eigenvalue weighted by Crippen LogP contribution is 2.37. The van der Waals surface area contributed by atoms with Gasteiger partial charge in [-0.1, -0.05) is 109 Å². The van der Waals surface area contributed by atoms with Crippen molar-refractivity contribution >= 4 is 43.6 Å². The molecule has 0 amide bonds. The van der Waals surface area contributed by atoms with Crippen LogP contribution in [0.5, 0.6) is 0 Å². The molecule has 0 radical (unpaired) electrons. The van der Waals surface area contributed by atoms with Gasteiger partial charge < -0.3 is 9.13 Å². The number of benzene rings is 6.